The second-order valence-corrected chi connectivity index (χ2v) is 9.19. The Kier molecular flexibility index (Phi) is 6.68. The number of rotatable bonds is 8. The fourth-order valence-electron chi connectivity index (χ4n) is 3.49. The number of hydrogen-bond donors (Lipinski definition) is 3. The molecule has 4 aromatic rings. The van der Waals surface area contributed by atoms with Gasteiger partial charge >= 0.3 is 0 Å². The van der Waals surface area contributed by atoms with Crippen LogP contribution >= 0.6 is 33.9 Å². The van der Waals surface area contributed by atoms with Crippen molar-refractivity contribution in [3.8, 4) is 0 Å². The number of imidazole rings is 1. The lowest BCUT2D eigenvalue weighted by atomic mass is 10.1. The lowest BCUT2D eigenvalue weighted by molar-refractivity contribution is 0.102. The van der Waals surface area contributed by atoms with Gasteiger partial charge in [0.05, 0.1) is 39.5 Å². The van der Waals surface area contributed by atoms with E-state index in [1.165, 1.54) is 11.3 Å². The third-order valence-corrected chi connectivity index (χ3v) is 7.09. The molecule has 0 aliphatic rings. The van der Waals surface area contributed by atoms with Crippen LogP contribution in [0.5, 0.6) is 0 Å². The number of hydrogen-bond acceptors (Lipinski definition) is 7. The van der Waals surface area contributed by atoms with Gasteiger partial charge in [0, 0.05) is 28.9 Å². The molecule has 8 nitrogen and oxygen atoms in total. The Bertz CT molecular complexity index is 1220. The molecule has 4 rings (SSSR count). The zero-order valence-electron chi connectivity index (χ0n) is 17.3. The Hall–Kier alpha value is -2.31. The number of amides is 1. The number of aromatic nitrogens is 4. The number of anilines is 2. The standard InChI is InChI=1S/C21H24IN7OS/c1-3-5-14(13(23)8-22)27-21-24-9-17-18(28-21)12(10-31-17)20(30)26-15-6-4-7-16-19(15)25-11-29(16)2/h4,6-7,9-11,13-14H,3,5,8,23H2,1-2H3,(H,26,30)(H,24,27,28)/t13-,14+/m0/s1. The van der Waals surface area contributed by atoms with Gasteiger partial charge in [0.15, 0.2) is 0 Å². The predicted molar refractivity (Wildman–Crippen MR) is 135 cm³/mol. The number of benzene rings is 1. The number of halogens is 1. The Labute approximate surface area is 197 Å². The van der Waals surface area contributed by atoms with Gasteiger partial charge in [-0.1, -0.05) is 42.0 Å². The van der Waals surface area contributed by atoms with E-state index in [9.17, 15) is 4.79 Å². The first kappa shape index (κ1) is 21.9. The summed E-state index contributed by atoms with van der Waals surface area (Å²) in [6.45, 7) is 2.13. The van der Waals surface area contributed by atoms with Crippen LogP contribution in [0.1, 0.15) is 30.1 Å². The summed E-state index contributed by atoms with van der Waals surface area (Å²) in [5.41, 5.74) is 9.79. The molecule has 0 aliphatic carbocycles. The molecule has 0 aliphatic heterocycles. The molecule has 1 aromatic carbocycles. The van der Waals surface area contributed by atoms with E-state index in [1.54, 1.807) is 12.5 Å². The molecule has 162 valence electrons. The molecule has 0 unspecified atom stereocenters. The molecule has 0 saturated carbocycles. The van der Waals surface area contributed by atoms with Crippen LogP contribution in [0.15, 0.2) is 36.1 Å². The van der Waals surface area contributed by atoms with Gasteiger partial charge in [-0.3, -0.25) is 4.79 Å². The maximum Gasteiger partial charge on any atom is 0.258 e. The molecular weight excluding hydrogens is 525 g/mol. The first-order valence-electron chi connectivity index (χ1n) is 10.1. The van der Waals surface area contributed by atoms with Gasteiger partial charge in [0.1, 0.15) is 5.52 Å². The second-order valence-electron chi connectivity index (χ2n) is 7.40. The van der Waals surface area contributed by atoms with Gasteiger partial charge in [-0.2, -0.15) is 0 Å². The summed E-state index contributed by atoms with van der Waals surface area (Å²) in [7, 11) is 1.93. The van der Waals surface area contributed by atoms with Crippen LogP contribution in [0.25, 0.3) is 21.3 Å². The minimum absolute atomic E-state index is 0.00366. The van der Waals surface area contributed by atoms with Crippen molar-refractivity contribution >= 4 is 72.7 Å². The number of fused-ring (bicyclic) bond motifs is 2. The monoisotopic (exact) mass is 549 g/mol. The highest BCUT2D eigenvalue weighted by atomic mass is 127. The number of carbonyl (C=O) groups excluding carboxylic acids is 1. The van der Waals surface area contributed by atoms with Crippen LogP contribution < -0.4 is 16.4 Å². The van der Waals surface area contributed by atoms with Crippen molar-refractivity contribution in [1.29, 1.82) is 0 Å². The minimum atomic E-state index is -0.219. The van der Waals surface area contributed by atoms with Crippen molar-refractivity contribution < 1.29 is 4.79 Å². The number of nitrogens with one attached hydrogen (secondary N) is 2. The average molecular weight is 549 g/mol. The van der Waals surface area contributed by atoms with Gasteiger partial charge in [0.25, 0.3) is 5.91 Å². The topological polar surface area (TPSA) is 111 Å². The highest BCUT2D eigenvalue weighted by Crippen LogP contribution is 2.27. The van der Waals surface area contributed by atoms with E-state index in [-0.39, 0.29) is 18.0 Å². The minimum Gasteiger partial charge on any atom is -0.350 e. The Morgan fingerprint density at radius 2 is 2.16 bits per heavy atom. The van der Waals surface area contributed by atoms with Crippen molar-refractivity contribution in [2.45, 2.75) is 31.8 Å². The summed E-state index contributed by atoms with van der Waals surface area (Å²) in [6, 6.07) is 5.81. The molecule has 0 spiro atoms. The van der Waals surface area contributed by atoms with Crippen molar-refractivity contribution in [1.82, 2.24) is 19.5 Å². The van der Waals surface area contributed by atoms with Crippen LogP contribution in [-0.4, -0.2) is 41.9 Å². The highest BCUT2D eigenvalue weighted by molar-refractivity contribution is 14.1. The molecule has 3 aromatic heterocycles. The van der Waals surface area contributed by atoms with Crippen molar-refractivity contribution in [2.75, 3.05) is 15.1 Å². The number of nitrogens with two attached hydrogens (primary N) is 1. The van der Waals surface area contributed by atoms with E-state index >= 15 is 0 Å². The van der Waals surface area contributed by atoms with Crippen LogP contribution in [0.4, 0.5) is 11.6 Å². The van der Waals surface area contributed by atoms with Gasteiger partial charge in [-0.15, -0.1) is 11.3 Å². The SMILES string of the molecule is CCC[C@@H](Nc1ncc2scc(C(=O)Nc3cccc4c3ncn4C)c2n1)[C@@H](N)CI. The number of para-hydroxylation sites is 1. The third kappa shape index (κ3) is 4.51. The van der Waals surface area contributed by atoms with Crippen molar-refractivity contribution in [2.24, 2.45) is 12.8 Å². The summed E-state index contributed by atoms with van der Waals surface area (Å²) < 4.78 is 3.61. The fourth-order valence-corrected chi connectivity index (χ4v) is 4.94. The summed E-state index contributed by atoms with van der Waals surface area (Å²) >= 11 is 3.74. The molecule has 2 atom stereocenters. The van der Waals surface area contributed by atoms with Crippen LogP contribution in [0.3, 0.4) is 0 Å². The van der Waals surface area contributed by atoms with Crippen molar-refractivity contribution in [3.05, 3.63) is 41.7 Å². The van der Waals surface area contributed by atoms with E-state index in [0.717, 1.165) is 33.0 Å². The predicted octanol–water partition coefficient (Wildman–Crippen LogP) is 4.17. The number of aryl methyl sites for hydroxylation is 1. The molecule has 0 bridgehead atoms. The lowest BCUT2D eigenvalue weighted by Crippen LogP contribution is -2.41. The molecule has 4 N–H and O–H groups in total. The van der Waals surface area contributed by atoms with Gasteiger partial charge in [0.2, 0.25) is 5.95 Å². The molecule has 10 heteroatoms. The first-order chi connectivity index (χ1) is 15.0. The molecular formula is C21H24IN7OS. The lowest BCUT2D eigenvalue weighted by Gasteiger charge is -2.23. The average Bonchev–Trinajstić information content (AvgIpc) is 3.37. The fraction of sp³-hybridized carbons (Fsp3) is 0.333. The molecule has 1 amide bonds. The molecule has 0 fully saturated rings. The Balaban J connectivity index is 1.61. The second kappa shape index (κ2) is 9.45. The van der Waals surface area contributed by atoms with Crippen LogP contribution in [-0.2, 0) is 7.05 Å². The van der Waals surface area contributed by atoms with E-state index in [4.69, 9.17) is 5.73 Å². The number of nitrogens with zero attached hydrogens (tertiary/aromatic N) is 4. The number of alkyl halides is 1. The molecule has 0 saturated heterocycles. The molecule has 0 radical (unpaired) electrons. The summed E-state index contributed by atoms with van der Waals surface area (Å²) in [4.78, 5) is 26.6. The Morgan fingerprint density at radius 1 is 1.32 bits per heavy atom. The Morgan fingerprint density at radius 3 is 2.94 bits per heavy atom. The van der Waals surface area contributed by atoms with Gasteiger partial charge in [-0.05, 0) is 18.6 Å². The quantitative estimate of drug-likeness (QED) is 0.225. The van der Waals surface area contributed by atoms with E-state index < -0.39 is 0 Å². The number of carbonyl (C=O) groups is 1. The summed E-state index contributed by atoms with van der Waals surface area (Å²) in [6.07, 6.45) is 5.43. The zero-order chi connectivity index (χ0) is 22.0. The zero-order valence-corrected chi connectivity index (χ0v) is 20.3. The largest absolute Gasteiger partial charge is 0.350 e. The highest BCUT2D eigenvalue weighted by Gasteiger charge is 2.20. The first-order valence-corrected chi connectivity index (χ1v) is 12.5. The van der Waals surface area contributed by atoms with E-state index in [1.807, 2.05) is 35.2 Å². The van der Waals surface area contributed by atoms with E-state index in [0.29, 0.717) is 22.7 Å². The maximum atomic E-state index is 13.1. The van der Waals surface area contributed by atoms with Crippen LogP contribution in [0.2, 0.25) is 0 Å². The van der Waals surface area contributed by atoms with E-state index in [2.05, 4.69) is 55.1 Å². The third-order valence-electron chi connectivity index (χ3n) is 5.17. The summed E-state index contributed by atoms with van der Waals surface area (Å²) in [5.74, 6) is 0.272. The number of thiophene rings is 1. The summed E-state index contributed by atoms with van der Waals surface area (Å²) in [5, 5.41) is 8.17. The van der Waals surface area contributed by atoms with Crippen LogP contribution in [0, 0.1) is 0 Å². The van der Waals surface area contributed by atoms with Gasteiger partial charge in [-0.25, -0.2) is 15.0 Å². The smallest absolute Gasteiger partial charge is 0.258 e. The molecule has 3 heterocycles. The normalized spacial score (nSPS) is 13.4. The van der Waals surface area contributed by atoms with Crippen molar-refractivity contribution in [3.63, 3.8) is 0 Å². The van der Waals surface area contributed by atoms with Gasteiger partial charge < -0.3 is 20.9 Å². The molecule has 31 heavy (non-hydrogen) atoms. The maximum absolute atomic E-state index is 13.1.